The van der Waals surface area contributed by atoms with Gasteiger partial charge >= 0.3 is 11.9 Å². The molecule has 1 fully saturated rings. The van der Waals surface area contributed by atoms with Gasteiger partial charge in [0.1, 0.15) is 12.5 Å². The third-order valence-corrected chi connectivity index (χ3v) is 12.8. The first-order valence-electron chi connectivity index (χ1n) is 20.5. The Morgan fingerprint density at radius 2 is 1.62 bits per heavy atom. The predicted octanol–water partition coefficient (Wildman–Crippen LogP) is 7.62. The van der Waals surface area contributed by atoms with Gasteiger partial charge in [0.05, 0.1) is 18.9 Å². The summed E-state index contributed by atoms with van der Waals surface area (Å²) >= 11 is 0. The first-order chi connectivity index (χ1) is 26.3. The highest BCUT2D eigenvalue weighted by atomic mass is 16.5. The fourth-order valence-corrected chi connectivity index (χ4v) is 9.07. The fourth-order valence-electron chi connectivity index (χ4n) is 9.07. The van der Waals surface area contributed by atoms with Gasteiger partial charge in [-0.1, -0.05) is 53.0 Å². The summed E-state index contributed by atoms with van der Waals surface area (Å²) in [5.74, 6) is -1.14. The molecule has 6 rings (SSSR count). The summed E-state index contributed by atoms with van der Waals surface area (Å²) in [5.41, 5.74) is 13.9. The number of aliphatic hydroxyl groups excluding tert-OH is 1. The van der Waals surface area contributed by atoms with Crippen molar-refractivity contribution in [1.82, 2.24) is 20.3 Å². The molecule has 296 valence electrons. The van der Waals surface area contributed by atoms with E-state index in [9.17, 15) is 14.7 Å². The van der Waals surface area contributed by atoms with Crippen LogP contribution in [0.3, 0.4) is 0 Å². The van der Waals surface area contributed by atoms with Crippen molar-refractivity contribution in [3.05, 3.63) is 89.9 Å². The van der Waals surface area contributed by atoms with Gasteiger partial charge in [-0.2, -0.15) is 0 Å². The van der Waals surface area contributed by atoms with Gasteiger partial charge < -0.3 is 34.8 Å². The molecule has 3 aromatic heterocycles. The number of rotatable bonds is 13. The largest absolute Gasteiger partial charge is 0.468 e. The maximum atomic E-state index is 13.6. The van der Waals surface area contributed by atoms with E-state index in [2.05, 4.69) is 93.9 Å². The zero-order valence-corrected chi connectivity index (χ0v) is 34.6. The fraction of sp³-hybridized carbons (Fsp3) is 0.522. The molecular weight excluding hydrogens is 689 g/mol. The van der Waals surface area contributed by atoms with Gasteiger partial charge in [0.15, 0.2) is 0 Å². The molecule has 5 atom stereocenters. The molecule has 1 aliphatic carbocycles. The van der Waals surface area contributed by atoms with Crippen LogP contribution >= 0.6 is 0 Å². The first kappa shape index (κ1) is 40.2. The number of hydrogen-bond acceptors (Lipinski definition) is 6. The first-order valence-corrected chi connectivity index (χ1v) is 20.5. The summed E-state index contributed by atoms with van der Waals surface area (Å²) in [7, 11) is 1.37. The molecule has 55 heavy (non-hydrogen) atoms. The van der Waals surface area contributed by atoms with Crippen molar-refractivity contribution in [1.29, 1.82) is 0 Å². The number of esters is 2. The second-order valence-electron chi connectivity index (χ2n) is 16.1. The Morgan fingerprint density at radius 3 is 2.31 bits per heavy atom. The van der Waals surface area contributed by atoms with Crippen molar-refractivity contribution < 1.29 is 24.2 Å². The molecule has 8 bridgehead atoms. The van der Waals surface area contributed by atoms with Crippen molar-refractivity contribution in [3.8, 4) is 0 Å². The number of methoxy groups -OCH3 is 1. The third-order valence-electron chi connectivity index (χ3n) is 12.8. The number of nitrogens with one attached hydrogen (secondary N) is 4. The maximum absolute atomic E-state index is 13.6. The van der Waals surface area contributed by atoms with Crippen LogP contribution in [0.2, 0.25) is 0 Å². The Hall–Kier alpha value is -4.50. The third kappa shape index (κ3) is 7.69. The molecule has 5 N–H and O–H groups in total. The number of aromatic nitrogens is 3. The number of allylic oxidation sites excluding steroid dienone is 3. The van der Waals surface area contributed by atoms with Crippen molar-refractivity contribution >= 4 is 35.7 Å². The maximum Gasteiger partial charge on any atom is 0.316 e. The van der Waals surface area contributed by atoms with Gasteiger partial charge in [-0.15, -0.1) is 0 Å². The summed E-state index contributed by atoms with van der Waals surface area (Å²) in [6.07, 6.45) is 14.5. The zero-order valence-electron chi connectivity index (χ0n) is 34.6. The molecule has 0 unspecified atom stereocenters. The number of aliphatic hydroxyl groups is 1. The monoisotopic (exact) mass is 750 g/mol. The topological polar surface area (TPSA) is 132 Å². The molecule has 0 amide bonds. The molecule has 1 saturated heterocycles. The Balaban J connectivity index is 1.44. The molecule has 0 radical (unpaired) electrons. The molecule has 0 aromatic carbocycles. The van der Waals surface area contributed by atoms with Crippen LogP contribution in [-0.4, -0.2) is 45.7 Å². The summed E-state index contributed by atoms with van der Waals surface area (Å²) in [6, 6.07) is 0. The second kappa shape index (κ2) is 16.7. The minimum absolute atomic E-state index is 0.0275. The highest BCUT2D eigenvalue weighted by Gasteiger charge is 2.48. The molecule has 0 spiro atoms. The average Bonchev–Trinajstić information content (AvgIpc) is 3.90. The van der Waals surface area contributed by atoms with Crippen LogP contribution in [-0.2, 0) is 31.9 Å². The summed E-state index contributed by atoms with van der Waals surface area (Å²) < 4.78 is 11.1. The summed E-state index contributed by atoms with van der Waals surface area (Å²) in [6.45, 7) is 19.7. The van der Waals surface area contributed by atoms with Gasteiger partial charge in [0, 0.05) is 68.6 Å². The number of H-pyrrole nitrogens is 3. The lowest BCUT2D eigenvalue weighted by molar-refractivity contribution is -0.146. The van der Waals surface area contributed by atoms with Gasteiger partial charge in [-0.25, -0.2) is 0 Å². The number of carbonyl (C=O) groups is 2. The van der Waals surface area contributed by atoms with Crippen molar-refractivity contribution in [2.24, 2.45) is 23.7 Å². The SMILES string of the molecule is CCc1c2[nH]c(c1C)/C=C1\N/C(=C3\c4[nH]c(c(C)c4[C@H](O)[C@@H]3C(=O)OC)/C=c3\[nH]/c(c(C)c3CC)=C\2)[C@@H](CCC(=O)OC/C=C(\C)CCC[C@@H](C)CC)[C@@H]1C. The van der Waals surface area contributed by atoms with Crippen molar-refractivity contribution in [2.45, 2.75) is 120 Å². The quantitative estimate of drug-likeness (QED) is 0.0903. The van der Waals surface area contributed by atoms with E-state index in [0.29, 0.717) is 17.6 Å². The van der Waals surface area contributed by atoms with E-state index in [1.165, 1.54) is 47.8 Å². The molecule has 5 heterocycles. The Bertz CT molecular complexity index is 2170. The summed E-state index contributed by atoms with van der Waals surface area (Å²) in [5, 5.41) is 17.8. The van der Waals surface area contributed by atoms with Crippen LogP contribution in [0.5, 0.6) is 0 Å². The van der Waals surface area contributed by atoms with E-state index in [0.717, 1.165) is 82.0 Å². The standard InChI is InChI=1S/C46H62N4O5/c1-11-24(4)15-14-16-25(5)19-20-55-39(51)18-17-32-28(8)35-21-33-26(6)30(12-2)37(47-33)22-34-27(7)31(13-3)38(48-34)23-36-29(9)40-44(50-36)41(43(32)49-35)42(45(40)52)46(53)54-10/h19,21-24,28,32,42,45,47-50,52H,11-18,20H2,1-10H3/b25-19+,34-22-,35-21-,38-23-,43-41-/t24-,28-,32-,42+,45-/m0/s1. The smallest absolute Gasteiger partial charge is 0.316 e. The number of carbonyl (C=O) groups excluding carboxylic acids is 2. The molecule has 9 heteroatoms. The van der Waals surface area contributed by atoms with E-state index < -0.39 is 18.0 Å². The van der Waals surface area contributed by atoms with Gasteiger partial charge in [0.2, 0.25) is 0 Å². The molecule has 3 aromatic rings. The van der Waals surface area contributed by atoms with Crippen LogP contribution in [0.15, 0.2) is 23.0 Å². The lowest BCUT2D eigenvalue weighted by Gasteiger charge is -2.21. The highest BCUT2D eigenvalue weighted by molar-refractivity contribution is 5.95. The predicted molar refractivity (Wildman–Crippen MR) is 220 cm³/mol. The Labute approximate surface area is 326 Å². The van der Waals surface area contributed by atoms with Crippen molar-refractivity contribution in [3.63, 3.8) is 0 Å². The zero-order chi connectivity index (χ0) is 39.7. The van der Waals surface area contributed by atoms with Gasteiger partial charge in [0.25, 0.3) is 0 Å². The van der Waals surface area contributed by atoms with Crippen LogP contribution in [0.25, 0.3) is 23.8 Å². The second-order valence-corrected chi connectivity index (χ2v) is 16.1. The Morgan fingerprint density at radius 1 is 0.909 bits per heavy atom. The normalized spacial score (nSPS) is 24.3. The summed E-state index contributed by atoms with van der Waals surface area (Å²) in [4.78, 5) is 38.0. The molecule has 2 aliphatic heterocycles. The van der Waals surface area contributed by atoms with Crippen LogP contribution in [0.1, 0.15) is 142 Å². The number of fused-ring (bicyclic) bond motifs is 7. The lowest BCUT2D eigenvalue weighted by atomic mass is 9.84. The van der Waals surface area contributed by atoms with Crippen molar-refractivity contribution in [2.75, 3.05) is 13.7 Å². The van der Waals surface area contributed by atoms with E-state index in [4.69, 9.17) is 9.47 Å². The number of hydrogen-bond donors (Lipinski definition) is 5. The van der Waals surface area contributed by atoms with E-state index >= 15 is 0 Å². The molecular formula is C46H62N4O5. The number of aromatic amines is 3. The lowest BCUT2D eigenvalue weighted by Crippen LogP contribution is -2.24. The highest BCUT2D eigenvalue weighted by Crippen LogP contribution is 2.52. The van der Waals surface area contributed by atoms with Gasteiger partial charge in [-0.3, -0.25) is 9.59 Å². The van der Waals surface area contributed by atoms with Gasteiger partial charge in [-0.05, 0) is 118 Å². The number of ether oxygens (including phenoxy) is 2. The van der Waals surface area contributed by atoms with E-state index in [1.54, 1.807) is 0 Å². The minimum Gasteiger partial charge on any atom is -0.468 e. The average molecular weight is 751 g/mol. The van der Waals surface area contributed by atoms with E-state index in [1.807, 2.05) is 13.0 Å². The minimum atomic E-state index is -1.10. The van der Waals surface area contributed by atoms with E-state index in [-0.39, 0.29) is 30.8 Å². The van der Waals surface area contributed by atoms with Crippen LogP contribution in [0, 0.1) is 44.4 Å². The van der Waals surface area contributed by atoms with Crippen LogP contribution < -0.4 is 16.0 Å². The molecule has 0 saturated carbocycles. The molecule has 9 nitrogen and oxygen atoms in total. The van der Waals surface area contributed by atoms with Crippen LogP contribution in [0.4, 0.5) is 0 Å². The Kier molecular flexibility index (Phi) is 12.2. The molecule has 3 aliphatic rings.